The first-order valence-corrected chi connectivity index (χ1v) is 10.2. The Morgan fingerprint density at radius 3 is 2.35 bits per heavy atom. The molecule has 2 N–H and O–H groups in total. The molecule has 2 aromatic carbocycles. The smallest absolute Gasteiger partial charge is 0.334 e. The standard InChI is InChI=1S/C25H25NO5/c1-14-22(25(28)29)23(15-7-5-4-6-8-15)24-18(26-14)11-17(12-19(24)27)16-9-10-20(30-2)21(13-16)31-3/h4-10,13,17,23,26H,11-12H2,1-3H3,(H,28,29). The fourth-order valence-corrected chi connectivity index (χ4v) is 4.64. The highest BCUT2D eigenvalue weighted by Crippen LogP contribution is 2.46. The van der Waals surface area contributed by atoms with Crippen molar-refractivity contribution in [2.24, 2.45) is 0 Å². The molecule has 2 atom stereocenters. The topological polar surface area (TPSA) is 84.9 Å². The SMILES string of the molecule is COc1ccc(C2CC(=O)C3=C(C2)NC(C)=C(C(=O)O)C3c2ccccc2)cc1OC. The van der Waals surface area contributed by atoms with E-state index in [1.807, 2.05) is 48.5 Å². The zero-order valence-corrected chi connectivity index (χ0v) is 17.8. The average Bonchev–Trinajstić information content (AvgIpc) is 2.77. The van der Waals surface area contributed by atoms with Gasteiger partial charge in [0, 0.05) is 29.3 Å². The van der Waals surface area contributed by atoms with Gasteiger partial charge in [0.15, 0.2) is 17.3 Å². The molecule has 6 heteroatoms. The molecule has 0 amide bonds. The Balaban J connectivity index is 1.76. The van der Waals surface area contributed by atoms with Gasteiger partial charge in [0.1, 0.15) is 0 Å². The van der Waals surface area contributed by atoms with Gasteiger partial charge in [-0.25, -0.2) is 4.79 Å². The Kier molecular flexibility index (Phi) is 5.55. The van der Waals surface area contributed by atoms with Gasteiger partial charge in [0.25, 0.3) is 0 Å². The first kappa shape index (κ1) is 20.7. The van der Waals surface area contributed by atoms with Crippen LogP contribution in [-0.2, 0) is 9.59 Å². The van der Waals surface area contributed by atoms with Crippen LogP contribution in [0.1, 0.15) is 42.7 Å². The molecule has 1 heterocycles. The van der Waals surface area contributed by atoms with Gasteiger partial charge in [0.05, 0.1) is 19.8 Å². The second kappa shape index (κ2) is 8.30. The summed E-state index contributed by atoms with van der Waals surface area (Å²) < 4.78 is 10.7. The van der Waals surface area contributed by atoms with Crippen LogP contribution in [0.4, 0.5) is 0 Å². The minimum Gasteiger partial charge on any atom is -0.493 e. The molecule has 2 aliphatic rings. The quantitative estimate of drug-likeness (QED) is 0.757. The average molecular weight is 419 g/mol. The van der Waals surface area contributed by atoms with Crippen LogP contribution in [0.2, 0.25) is 0 Å². The summed E-state index contributed by atoms with van der Waals surface area (Å²) >= 11 is 0. The number of carboxylic acids is 1. The number of methoxy groups -OCH3 is 2. The van der Waals surface area contributed by atoms with Crippen molar-refractivity contribution < 1.29 is 24.2 Å². The van der Waals surface area contributed by atoms with Crippen molar-refractivity contribution >= 4 is 11.8 Å². The summed E-state index contributed by atoms with van der Waals surface area (Å²) in [6, 6.07) is 15.1. The Bertz CT molecular complexity index is 1100. The number of dihydropyridines is 1. The van der Waals surface area contributed by atoms with E-state index in [1.165, 1.54) is 0 Å². The Labute approximate surface area is 181 Å². The number of hydrogen-bond acceptors (Lipinski definition) is 5. The summed E-state index contributed by atoms with van der Waals surface area (Å²) in [4.78, 5) is 25.5. The van der Waals surface area contributed by atoms with Crippen molar-refractivity contribution in [3.05, 3.63) is 82.2 Å². The van der Waals surface area contributed by atoms with Crippen LogP contribution in [0.15, 0.2) is 71.1 Å². The molecule has 31 heavy (non-hydrogen) atoms. The van der Waals surface area contributed by atoms with Crippen molar-refractivity contribution in [2.45, 2.75) is 31.6 Å². The third-order valence-electron chi connectivity index (χ3n) is 6.07. The van der Waals surface area contributed by atoms with Gasteiger partial charge in [0.2, 0.25) is 0 Å². The van der Waals surface area contributed by atoms with E-state index in [9.17, 15) is 14.7 Å². The molecule has 0 spiro atoms. The fraction of sp³-hybridized carbons (Fsp3) is 0.280. The maximum Gasteiger partial charge on any atom is 0.334 e. The lowest BCUT2D eigenvalue weighted by Crippen LogP contribution is -2.35. The van der Waals surface area contributed by atoms with Crippen LogP contribution in [0, 0.1) is 0 Å². The number of nitrogens with one attached hydrogen (secondary N) is 1. The predicted octanol–water partition coefficient (Wildman–Crippen LogP) is 4.15. The van der Waals surface area contributed by atoms with Crippen LogP contribution in [0.3, 0.4) is 0 Å². The second-order valence-electron chi connectivity index (χ2n) is 7.85. The van der Waals surface area contributed by atoms with E-state index in [0.717, 1.165) is 16.8 Å². The summed E-state index contributed by atoms with van der Waals surface area (Å²) in [5.74, 6) is -0.398. The van der Waals surface area contributed by atoms with Gasteiger partial charge < -0.3 is 19.9 Å². The van der Waals surface area contributed by atoms with Crippen LogP contribution in [0.5, 0.6) is 11.5 Å². The number of allylic oxidation sites excluding steroid dienone is 3. The van der Waals surface area contributed by atoms with Gasteiger partial charge in [-0.2, -0.15) is 0 Å². The molecule has 0 radical (unpaired) electrons. The first-order chi connectivity index (χ1) is 14.9. The van der Waals surface area contributed by atoms with E-state index in [0.29, 0.717) is 35.6 Å². The summed E-state index contributed by atoms with van der Waals surface area (Å²) in [5, 5.41) is 13.1. The maximum absolute atomic E-state index is 13.4. The summed E-state index contributed by atoms with van der Waals surface area (Å²) in [6.07, 6.45) is 0.926. The molecule has 0 saturated carbocycles. The van der Waals surface area contributed by atoms with E-state index in [1.54, 1.807) is 21.1 Å². The van der Waals surface area contributed by atoms with E-state index in [2.05, 4.69) is 5.32 Å². The third-order valence-corrected chi connectivity index (χ3v) is 6.07. The maximum atomic E-state index is 13.4. The largest absolute Gasteiger partial charge is 0.493 e. The van der Waals surface area contributed by atoms with Crippen molar-refractivity contribution in [3.63, 3.8) is 0 Å². The van der Waals surface area contributed by atoms with Crippen molar-refractivity contribution in [3.8, 4) is 11.5 Å². The highest BCUT2D eigenvalue weighted by Gasteiger charge is 2.40. The van der Waals surface area contributed by atoms with Crippen molar-refractivity contribution in [1.29, 1.82) is 0 Å². The third kappa shape index (κ3) is 3.69. The number of ketones is 1. The highest BCUT2D eigenvalue weighted by atomic mass is 16.5. The van der Waals surface area contributed by atoms with Crippen molar-refractivity contribution in [2.75, 3.05) is 14.2 Å². The van der Waals surface area contributed by atoms with E-state index in [-0.39, 0.29) is 17.3 Å². The lowest BCUT2D eigenvalue weighted by atomic mass is 9.72. The first-order valence-electron chi connectivity index (χ1n) is 10.2. The summed E-state index contributed by atoms with van der Waals surface area (Å²) in [7, 11) is 3.17. The van der Waals surface area contributed by atoms with Gasteiger partial charge in [-0.15, -0.1) is 0 Å². The summed E-state index contributed by atoms with van der Waals surface area (Å²) in [6.45, 7) is 1.76. The second-order valence-corrected chi connectivity index (χ2v) is 7.85. The molecule has 160 valence electrons. The van der Waals surface area contributed by atoms with E-state index in [4.69, 9.17) is 9.47 Å². The minimum atomic E-state index is -1.01. The van der Waals surface area contributed by atoms with E-state index >= 15 is 0 Å². The Morgan fingerprint density at radius 1 is 1.00 bits per heavy atom. The molecule has 4 rings (SSSR count). The molecule has 0 saturated heterocycles. The molecule has 0 fully saturated rings. The zero-order valence-electron chi connectivity index (χ0n) is 17.8. The molecular formula is C25H25NO5. The van der Waals surface area contributed by atoms with Gasteiger partial charge in [-0.05, 0) is 42.5 Å². The van der Waals surface area contributed by atoms with Gasteiger partial charge >= 0.3 is 5.97 Å². The van der Waals surface area contributed by atoms with E-state index < -0.39 is 11.9 Å². The Hall–Kier alpha value is -3.54. The molecule has 1 aliphatic carbocycles. The molecule has 0 aromatic heterocycles. The van der Waals surface area contributed by atoms with Crippen LogP contribution in [-0.4, -0.2) is 31.1 Å². The molecule has 6 nitrogen and oxygen atoms in total. The minimum absolute atomic E-state index is 0.0332. The van der Waals surface area contributed by atoms with Crippen LogP contribution < -0.4 is 14.8 Å². The number of carbonyl (C=O) groups is 2. The number of ether oxygens (including phenoxy) is 2. The lowest BCUT2D eigenvalue weighted by Gasteiger charge is -2.36. The van der Waals surface area contributed by atoms with Gasteiger partial charge in [-0.3, -0.25) is 4.79 Å². The molecule has 2 unspecified atom stereocenters. The monoisotopic (exact) mass is 419 g/mol. The summed E-state index contributed by atoms with van der Waals surface area (Å²) in [5.41, 5.74) is 3.95. The fourth-order valence-electron chi connectivity index (χ4n) is 4.64. The molecular weight excluding hydrogens is 394 g/mol. The van der Waals surface area contributed by atoms with Crippen LogP contribution in [0.25, 0.3) is 0 Å². The zero-order chi connectivity index (χ0) is 22.1. The predicted molar refractivity (Wildman–Crippen MR) is 116 cm³/mol. The lowest BCUT2D eigenvalue weighted by molar-refractivity contribution is -0.133. The molecule has 1 aliphatic heterocycles. The molecule has 2 aromatic rings. The van der Waals surface area contributed by atoms with Crippen LogP contribution >= 0.6 is 0 Å². The number of carboxylic acid groups (broad SMARTS) is 1. The van der Waals surface area contributed by atoms with Crippen molar-refractivity contribution in [1.82, 2.24) is 5.32 Å². The number of aliphatic carboxylic acids is 1. The number of rotatable bonds is 5. The van der Waals surface area contributed by atoms with Gasteiger partial charge in [-0.1, -0.05) is 36.4 Å². The number of Topliss-reactive ketones (excluding diaryl/α,β-unsaturated/α-hetero) is 1. The Morgan fingerprint density at radius 2 is 1.71 bits per heavy atom. The number of carbonyl (C=O) groups excluding carboxylic acids is 1. The normalized spacial score (nSPS) is 20.8. The number of hydrogen-bond donors (Lipinski definition) is 2. The highest BCUT2D eigenvalue weighted by molar-refractivity contribution is 6.03. The number of benzene rings is 2. The molecule has 0 bridgehead atoms.